The Labute approximate surface area is 158 Å². The molecule has 0 N–H and O–H groups in total. The predicted molar refractivity (Wildman–Crippen MR) is 95.0 cm³/mol. The van der Waals surface area contributed by atoms with Crippen LogP contribution >= 0.6 is 23.2 Å². The molecule has 0 aliphatic carbocycles. The third kappa shape index (κ3) is 3.09. The van der Waals surface area contributed by atoms with Crippen molar-refractivity contribution in [3.63, 3.8) is 0 Å². The molecule has 132 valence electrons. The van der Waals surface area contributed by atoms with Crippen molar-refractivity contribution in [1.29, 1.82) is 0 Å². The number of ketones is 1. The lowest BCUT2D eigenvalue weighted by molar-refractivity contribution is -0.120. The first-order valence-electron chi connectivity index (χ1n) is 7.44. The van der Waals surface area contributed by atoms with E-state index in [1.807, 2.05) is 0 Å². The van der Waals surface area contributed by atoms with Crippen molar-refractivity contribution in [2.24, 2.45) is 0 Å². The van der Waals surface area contributed by atoms with Gasteiger partial charge >= 0.3 is 5.97 Å². The number of rotatable bonds is 4. The van der Waals surface area contributed by atoms with E-state index >= 15 is 0 Å². The SMILES string of the molecule is CC(=O)COC(=O)c1ccccc1N1C(=O)c2cc(Cl)c(Cl)cc2C1=O. The molecule has 26 heavy (non-hydrogen) atoms. The third-order valence-corrected chi connectivity index (χ3v) is 4.42. The highest BCUT2D eigenvalue weighted by Gasteiger charge is 2.39. The summed E-state index contributed by atoms with van der Waals surface area (Å²) in [7, 11) is 0. The van der Waals surface area contributed by atoms with Gasteiger partial charge in [0.25, 0.3) is 11.8 Å². The summed E-state index contributed by atoms with van der Waals surface area (Å²) in [4.78, 5) is 49.6. The normalized spacial score (nSPS) is 13.0. The average molecular weight is 392 g/mol. The lowest BCUT2D eigenvalue weighted by Gasteiger charge is -2.17. The highest BCUT2D eigenvalue weighted by atomic mass is 35.5. The number of amides is 2. The fraction of sp³-hybridized carbons (Fsp3) is 0.111. The standard InChI is InChI=1S/C18H11Cl2NO5/c1-9(22)8-26-18(25)10-4-2-3-5-15(10)21-16(23)11-6-13(19)14(20)7-12(11)17(21)24/h2-7H,8H2,1H3. The lowest BCUT2D eigenvalue weighted by Crippen LogP contribution is -2.31. The summed E-state index contributed by atoms with van der Waals surface area (Å²) in [5.74, 6) is -2.41. The first-order valence-corrected chi connectivity index (χ1v) is 8.20. The van der Waals surface area contributed by atoms with Crippen LogP contribution in [0.25, 0.3) is 0 Å². The van der Waals surface area contributed by atoms with Gasteiger partial charge in [0.2, 0.25) is 0 Å². The Kier molecular flexibility index (Phi) is 4.80. The number of carbonyl (C=O) groups excluding carboxylic acids is 4. The predicted octanol–water partition coefficient (Wildman–Crippen LogP) is 3.54. The van der Waals surface area contributed by atoms with E-state index in [9.17, 15) is 19.2 Å². The van der Waals surface area contributed by atoms with Gasteiger partial charge in [0, 0.05) is 0 Å². The number of anilines is 1. The van der Waals surface area contributed by atoms with E-state index < -0.39 is 24.4 Å². The Hall–Kier alpha value is -2.70. The van der Waals surface area contributed by atoms with Crippen molar-refractivity contribution in [2.75, 3.05) is 11.5 Å². The topological polar surface area (TPSA) is 80.8 Å². The molecule has 3 rings (SSSR count). The minimum Gasteiger partial charge on any atom is -0.454 e. The molecule has 6 nitrogen and oxygen atoms in total. The average Bonchev–Trinajstić information content (AvgIpc) is 2.84. The molecule has 1 aliphatic heterocycles. The lowest BCUT2D eigenvalue weighted by atomic mass is 10.1. The second kappa shape index (κ2) is 6.90. The molecule has 0 saturated heterocycles. The Morgan fingerprint density at radius 2 is 1.54 bits per heavy atom. The van der Waals surface area contributed by atoms with E-state index in [0.29, 0.717) is 0 Å². The van der Waals surface area contributed by atoms with Crippen LogP contribution in [0, 0.1) is 0 Å². The Balaban J connectivity index is 2.03. The van der Waals surface area contributed by atoms with Gasteiger partial charge in [-0.15, -0.1) is 0 Å². The molecule has 0 bridgehead atoms. The van der Waals surface area contributed by atoms with Gasteiger partial charge in [0.05, 0.1) is 32.4 Å². The first-order chi connectivity index (χ1) is 12.3. The second-order valence-corrected chi connectivity index (χ2v) is 6.37. The quantitative estimate of drug-likeness (QED) is 0.587. The summed E-state index contributed by atoms with van der Waals surface area (Å²) in [6.07, 6.45) is 0. The fourth-order valence-corrected chi connectivity index (χ4v) is 2.87. The van der Waals surface area contributed by atoms with Crippen LogP contribution in [0.1, 0.15) is 38.0 Å². The summed E-state index contributed by atoms with van der Waals surface area (Å²) in [6.45, 7) is 0.872. The maximum absolute atomic E-state index is 12.7. The molecule has 0 atom stereocenters. The molecular weight excluding hydrogens is 381 g/mol. The zero-order valence-corrected chi connectivity index (χ0v) is 14.9. The van der Waals surface area contributed by atoms with Gasteiger partial charge in [-0.2, -0.15) is 0 Å². The van der Waals surface area contributed by atoms with E-state index in [4.69, 9.17) is 27.9 Å². The zero-order chi connectivity index (χ0) is 19.0. The molecule has 0 saturated carbocycles. The molecule has 0 aromatic heterocycles. The summed E-state index contributed by atoms with van der Waals surface area (Å²) < 4.78 is 4.90. The van der Waals surface area contributed by atoms with E-state index in [1.165, 1.54) is 31.2 Å². The largest absolute Gasteiger partial charge is 0.454 e. The number of ether oxygens (including phenoxy) is 1. The number of hydrogen-bond donors (Lipinski definition) is 0. The van der Waals surface area contributed by atoms with Gasteiger partial charge in [0.1, 0.15) is 6.61 Å². The Morgan fingerprint density at radius 3 is 2.08 bits per heavy atom. The Bertz CT molecular complexity index is 929. The maximum Gasteiger partial charge on any atom is 0.340 e. The first kappa shape index (κ1) is 18.1. The summed E-state index contributed by atoms with van der Waals surface area (Å²) in [6, 6.07) is 8.60. The number of esters is 1. The molecule has 2 amide bonds. The van der Waals surface area contributed by atoms with Gasteiger partial charge in [0.15, 0.2) is 5.78 Å². The van der Waals surface area contributed by atoms with Crippen LogP contribution in [0.5, 0.6) is 0 Å². The highest BCUT2D eigenvalue weighted by Crippen LogP contribution is 2.35. The number of nitrogens with zero attached hydrogens (tertiary/aromatic N) is 1. The summed E-state index contributed by atoms with van der Waals surface area (Å²) in [5.41, 5.74) is 0.229. The van der Waals surface area contributed by atoms with Crippen LogP contribution in [0.15, 0.2) is 36.4 Å². The number of hydrogen-bond acceptors (Lipinski definition) is 5. The molecule has 0 radical (unpaired) electrons. The minimum atomic E-state index is -0.816. The van der Waals surface area contributed by atoms with Crippen molar-refractivity contribution >= 4 is 52.5 Å². The van der Waals surface area contributed by atoms with Gasteiger partial charge in [-0.3, -0.25) is 14.4 Å². The second-order valence-electron chi connectivity index (χ2n) is 5.55. The monoisotopic (exact) mass is 391 g/mol. The molecule has 2 aromatic rings. The van der Waals surface area contributed by atoms with E-state index in [1.54, 1.807) is 12.1 Å². The van der Waals surface area contributed by atoms with Crippen molar-refractivity contribution in [2.45, 2.75) is 6.92 Å². The number of imide groups is 1. The fourth-order valence-electron chi connectivity index (χ4n) is 2.54. The smallest absolute Gasteiger partial charge is 0.340 e. The van der Waals surface area contributed by atoms with Gasteiger partial charge in [-0.05, 0) is 31.2 Å². The number of benzene rings is 2. The highest BCUT2D eigenvalue weighted by molar-refractivity contribution is 6.44. The molecule has 1 aliphatic rings. The van der Waals surface area contributed by atoms with Gasteiger partial charge < -0.3 is 4.74 Å². The number of halogens is 2. The van der Waals surface area contributed by atoms with Crippen molar-refractivity contribution in [1.82, 2.24) is 0 Å². The van der Waals surface area contributed by atoms with Gasteiger partial charge in [-0.25, -0.2) is 9.69 Å². The third-order valence-electron chi connectivity index (χ3n) is 3.70. The van der Waals surface area contributed by atoms with Crippen LogP contribution in [0.4, 0.5) is 5.69 Å². The van der Waals surface area contributed by atoms with Crippen molar-refractivity contribution in [3.8, 4) is 0 Å². The summed E-state index contributed by atoms with van der Waals surface area (Å²) >= 11 is 11.9. The molecule has 0 fully saturated rings. The van der Waals surface area contributed by atoms with E-state index in [-0.39, 0.29) is 38.2 Å². The molecule has 0 spiro atoms. The number of para-hydroxylation sites is 1. The van der Waals surface area contributed by atoms with Crippen LogP contribution in [0.3, 0.4) is 0 Å². The zero-order valence-electron chi connectivity index (χ0n) is 13.4. The minimum absolute atomic E-state index is 0.0135. The van der Waals surface area contributed by atoms with Crippen molar-refractivity contribution in [3.05, 3.63) is 63.1 Å². The van der Waals surface area contributed by atoms with Crippen LogP contribution in [-0.4, -0.2) is 30.2 Å². The van der Waals surface area contributed by atoms with Gasteiger partial charge in [-0.1, -0.05) is 35.3 Å². The Morgan fingerprint density at radius 1 is 1.00 bits per heavy atom. The van der Waals surface area contributed by atoms with Crippen LogP contribution in [0.2, 0.25) is 10.0 Å². The summed E-state index contributed by atoms with van der Waals surface area (Å²) in [5, 5.41) is 0.283. The van der Waals surface area contributed by atoms with Crippen LogP contribution < -0.4 is 4.90 Å². The molecule has 0 unspecified atom stereocenters. The van der Waals surface area contributed by atoms with E-state index in [0.717, 1.165) is 4.90 Å². The van der Waals surface area contributed by atoms with Crippen molar-refractivity contribution < 1.29 is 23.9 Å². The molecule has 2 aromatic carbocycles. The molecular formula is C18H11Cl2NO5. The number of fused-ring (bicyclic) bond motifs is 1. The van der Waals surface area contributed by atoms with Crippen LogP contribution in [-0.2, 0) is 9.53 Å². The maximum atomic E-state index is 12.7. The molecule has 1 heterocycles. The number of carbonyl (C=O) groups is 4. The number of Topliss-reactive ketones (excluding diaryl/α,β-unsaturated/α-hetero) is 1. The van der Waals surface area contributed by atoms with E-state index in [2.05, 4.69) is 0 Å². The molecule has 8 heteroatoms.